The van der Waals surface area contributed by atoms with Crippen molar-refractivity contribution in [3.63, 3.8) is 0 Å². The lowest BCUT2D eigenvalue weighted by Crippen LogP contribution is -2.45. The van der Waals surface area contributed by atoms with E-state index in [0.717, 1.165) is 30.9 Å². The van der Waals surface area contributed by atoms with Gasteiger partial charge in [-0.2, -0.15) is 5.10 Å². The second-order valence-corrected chi connectivity index (χ2v) is 8.61. The zero-order chi connectivity index (χ0) is 23.0. The van der Waals surface area contributed by atoms with Crippen LogP contribution in [-0.2, 0) is 12.6 Å². The molecule has 8 heteroatoms. The molecular formula is C24H38N6O2. The van der Waals surface area contributed by atoms with Crippen LogP contribution in [-0.4, -0.2) is 65.6 Å². The lowest BCUT2D eigenvalue weighted by Gasteiger charge is -2.36. The van der Waals surface area contributed by atoms with Crippen LogP contribution in [0.4, 0.5) is 0 Å². The van der Waals surface area contributed by atoms with Crippen molar-refractivity contribution in [2.24, 2.45) is 12.0 Å². The minimum absolute atomic E-state index is 0.175. The van der Waals surface area contributed by atoms with Crippen LogP contribution in [0.2, 0.25) is 0 Å². The van der Waals surface area contributed by atoms with Crippen LogP contribution in [0.3, 0.4) is 0 Å². The summed E-state index contributed by atoms with van der Waals surface area (Å²) in [4.78, 5) is 7.21. The molecule has 1 aliphatic heterocycles. The first-order valence-electron chi connectivity index (χ1n) is 11.5. The van der Waals surface area contributed by atoms with E-state index in [1.54, 1.807) is 24.9 Å². The Morgan fingerprint density at radius 1 is 1.25 bits per heavy atom. The van der Waals surface area contributed by atoms with Gasteiger partial charge in [0, 0.05) is 37.5 Å². The molecule has 2 aromatic rings. The smallest absolute Gasteiger partial charge is 0.191 e. The quantitative estimate of drug-likeness (QED) is 0.408. The highest BCUT2D eigenvalue weighted by Crippen LogP contribution is 2.31. The molecule has 1 saturated heterocycles. The van der Waals surface area contributed by atoms with E-state index in [1.807, 2.05) is 32.3 Å². The SMILES string of the molecule is CCNC(=NCC(C)(O)c1cnn(C)c1)NCC(c1ccccc1OC)N1CCCCC1. The van der Waals surface area contributed by atoms with Crippen LogP contribution >= 0.6 is 0 Å². The average Bonchev–Trinajstić information content (AvgIpc) is 3.26. The Morgan fingerprint density at radius 2 is 2.00 bits per heavy atom. The number of hydrogen-bond acceptors (Lipinski definition) is 5. The van der Waals surface area contributed by atoms with E-state index in [9.17, 15) is 5.11 Å². The molecule has 0 bridgehead atoms. The minimum atomic E-state index is -1.09. The number of aliphatic imine (C=N–C) groups is 1. The highest BCUT2D eigenvalue weighted by molar-refractivity contribution is 5.79. The van der Waals surface area contributed by atoms with Gasteiger partial charge in [0.15, 0.2) is 5.96 Å². The molecular weight excluding hydrogens is 404 g/mol. The van der Waals surface area contributed by atoms with Crippen molar-refractivity contribution in [2.75, 3.05) is 39.8 Å². The Morgan fingerprint density at radius 3 is 2.66 bits per heavy atom. The van der Waals surface area contributed by atoms with Crippen LogP contribution in [0.5, 0.6) is 5.75 Å². The number of aromatic nitrogens is 2. The fourth-order valence-electron chi connectivity index (χ4n) is 4.17. The standard InChI is InChI=1S/C24H38N6O2/c1-5-25-23(27-18-24(2,31)19-15-28-29(3)17-19)26-16-21(30-13-9-6-10-14-30)20-11-7-8-12-22(20)32-4/h7-8,11-12,15,17,21,31H,5-6,9-10,13-14,16,18H2,1-4H3,(H2,25,26,27). The molecule has 2 unspecified atom stereocenters. The Labute approximate surface area is 191 Å². The van der Waals surface area contributed by atoms with Crippen molar-refractivity contribution in [3.8, 4) is 5.75 Å². The molecule has 8 nitrogen and oxygen atoms in total. The predicted octanol–water partition coefficient (Wildman–Crippen LogP) is 2.42. The first-order chi connectivity index (χ1) is 15.4. The molecule has 3 N–H and O–H groups in total. The number of piperidine rings is 1. The molecule has 3 rings (SSSR count). The van der Waals surface area contributed by atoms with E-state index >= 15 is 0 Å². The normalized spacial score (nSPS) is 18.1. The number of nitrogens with one attached hydrogen (secondary N) is 2. The van der Waals surface area contributed by atoms with Gasteiger partial charge in [0.05, 0.1) is 25.9 Å². The molecule has 2 heterocycles. The van der Waals surface area contributed by atoms with E-state index in [2.05, 4.69) is 37.8 Å². The number of methoxy groups -OCH3 is 1. The molecule has 1 fully saturated rings. The van der Waals surface area contributed by atoms with Crippen molar-refractivity contribution in [2.45, 2.75) is 44.8 Å². The van der Waals surface area contributed by atoms with Gasteiger partial charge in [-0.15, -0.1) is 0 Å². The van der Waals surface area contributed by atoms with E-state index in [0.29, 0.717) is 12.5 Å². The van der Waals surface area contributed by atoms with E-state index in [1.165, 1.54) is 24.8 Å². The first-order valence-corrected chi connectivity index (χ1v) is 11.5. The number of rotatable bonds is 9. The van der Waals surface area contributed by atoms with Gasteiger partial charge >= 0.3 is 0 Å². The predicted molar refractivity (Wildman–Crippen MR) is 128 cm³/mol. The molecule has 0 aliphatic carbocycles. The molecule has 1 aromatic carbocycles. The minimum Gasteiger partial charge on any atom is -0.496 e. The largest absolute Gasteiger partial charge is 0.496 e. The summed E-state index contributed by atoms with van der Waals surface area (Å²) in [6.07, 6.45) is 7.23. The number of aryl methyl sites for hydroxylation is 1. The molecule has 176 valence electrons. The second-order valence-electron chi connectivity index (χ2n) is 8.61. The summed E-state index contributed by atoms with van der Waals surface area (Å²) >= 11 is 0. The number of aliphatic hydroxyl groups is 1. The number of ether oxygens (including phenoxy) is 1. The van der Waals surface area contributed by atoms with E-state index in [4.69, 9.17) is 4.74 Å². The van der Waals surface area contributed by atoms with Crippen molar-refractivity contribution in [3.05, 3.63) is 47.8 Å². The number of para-hydroxylation sites is 1. The summed E-state index contributed by atoms with van der Waals surface area (Å²) in [5.41, 5.74) is 0.841. The summed E-state index contributed by atoms with van der Waals surface area (Å²) in [5.74, 6) is 1.60. The third-order valence-electron chi connectivity index (χ3n) is 6.01. The summed E-state index contributed by atoms with van der Waals surface area (Å²) in [7, 11) is 3.57. The molecule has 0 radical (unpaired) electrons. The molecule has 1 aliphatic rings. The number of likely N-dealkylation sites (tertiary alicyclic amines) is 1. The third-order valence-corrected chi connectivity index (χ3v) is 6.01. The Bertz CT molecular complexity index is 873. The number of nitrogens with zero attached hydrogens (tertiary/aromatic N) is 4. The molecule has 2 atom stereocenters. The summed E-state index contributed by atoms with van der Waals surface area (Å²) in [6.45, 7) is 7.63. The van der Waals surface area contributed by atoms with Crippen LogP contribution in [0.15, 0.2) is 41.7 Å². The maximum atomic E-state index is 10.9. The maximum absolute atomic E-state index is 10.9. The van der Waals surface area contributed by atoms with E-state index in [-0.39, 0.29) is 12.6 Å². The molecule has 1 aromatic heterocycles. The molecule has 0 spiro atoms. The van der Waals surface area contributed by atoms with Crippen LogP contribution in [0, 0.1) is 0 Å². The van der Waals surface area contributed by atoms with Gasteiger partial charge in [-0.05, 0) is 45.8 Å². The maximum Gasteiger partial charge on any atom is 0.191 e. The van der Waals surface area contributed by atoms with E-state index < -0.39 is 5.60 Å². The number of guanidine groups is 1. The lowest BCUT2D eigenvalue weighted by atomic mass is 10.00. The highest BCUT2D eigenvalue weighted by atomic mass is 16.5. The van der Waals surface area contributed by atoms with Gasteiger partial charge in [-0.1, -0.05) is 24.6 Å². The third kappa shape index (κ3) is 6.23. The van der Waals surface area contributed by atoms with Crippen LogP contribution in [0.25, 0.3) is 0 Å². The van der Waals surface area contributed by atoms with Gasteiger partial charge in [-0.3, -0.25) is 9.58 Å². The van der Waals surface area contributed by atoms with Gasteiger partial charge in [0.1, 0.15) is 11.4 Å². The van der Waals surface area contributed by atoms with Crippen molar-refractivity contribution in [1.82, 2.24) is 25.3 Å². The molecule has 0 amide bonds. The topological polar surface area (TPSA) is 86.9 Å². The Kier molecular flexibility index (Phi) is 8.53. The Balaban J connectivity index is 1.76. The summed E-state index contributed by atoms with van der Waals surface area (Å²) in [5, 5.41) is 21.9. The number of hydrogen-bond donors (Lipinski definition) is 3. The zero-order valence-electron chi connectivity index (χ0n) is 19.8. The first kappa shape index (κ1) is 24.1. The van der Waals surface area contributed by atoms with Gasteiger partial charge < -0.3 is 20.5 Å². The molecule has 32 heavy (non-hydrogen) atoms. The lowest BCUT2D eigenvalue weighted by molar-refractivity contribution is 0.0671. The monoisotopic (exact) mass is 442 g/mol. The molecule has 0 saturated carbocycles. The van der Waals surface area contributed by atoms with Crippen LogP contribution in [0.1, 0.15) is 50.3 Å². The fourth-order valence-corrected chi connectivity index (χ4v) is 4.17. The summed E-state index contributed by atoms with van der Waals surface area (Å²) < 4.78 is 7.36. The highest BCUT2D eigenvalue weighted by Gasteiger charge is 2.26. The second kappa shape index (κ2) is 11.3. The average molecular weight is 443 g/mol. The van der Waals surface area contributed by atoms with Gasteiger partial charge in [-0.25, -0.2) is 4.99 Å². The summed E-state index contributed by atoms with van der Waals surface area (Å²) in [6, 6.07) is 8.43. The fraction of sp³-hybridized carbons (Fsp3) is 0.583. The van der Waals surface area contributed by atoms with Gasteiger partial charge in [0.25, 0.3) is 0 Å². The zero-order valence-corrected chi connectivity index (χ0v) is 19.8. The van der Waals surface area contributed by atoms with Crippen molar-refractivity contribution in [1.29, 1.82) is 0 Å². The van der Waals surface area contributed by atoms with Gasteiger partial charge in [0.2, 0.25) is 0 Å². The van der Waals surface area contributed by atoms with Crippen molar-refractivity contribution >= 4 is 5.96 Å². The van der Waals surface area contributed by atoms with Crippen LogP contribution < -0.4 is 15.4 Å². The Hall–Kier alpha value is -2.58. The van der Waals surface area contributed by atoms with Crippen molar-refractivity contribution < 1.29 is 9.84 Å². The number of benzene rings is 1.